The summed E-state index contributed by atoms with van der Waals surface area (Å²) < 4.78 is 0.952. The minimum Gasteiger partial charge on any atom is -0.506 e. The van der Waals surface area contributed by atoms with Gasteiger partial charge in [-0.15, -0.1) is 0 Å². The minimum atomic E-state index is -0.291. The van der Waals surface area contributed by atoms with E-state index in [0.717, 1.165) is 15.7 Å². The second-order valence-corrected chi connectivity index (χ2v) is 5.10. The van der Waals surface area contributed by atoms with E-state index in [1.807, 2.05) is 25.1 Å². The van der Waals surface area contributed by atoms with Gasteiger partial charge >= 0.3 is 0 Å². The summed E-state index contributed by atoms with van der Waals surface area (Å²) >= 11 is 3.37. The van der Waals surface area contributed by atoms with E-state index >= 15 is 0 Å². The molecule has 0 heterocycles. The number of halogens is 1. The largest absolute Gasteiger partial charge is 0.506 e. The molecule has 0 aliphatic carbocycles. The van der Waals surface area contributed by atoms with Crippen LogP contribution in [0, 0.1) is 6.92 Å². The van der Waals surface area contributed by atoms with Crippen LogP contribution in [0.4, 0.5) is 11.4 Å². The summed E-state index contributed by atoms with van der Waals surface area (Å²) in [5.41, 5.74) is 7.77. The highest BCUT2D eigenvalue weighted by Gasteiger charge is 2.09. The van der Waals surface area contributed by atoms with Gasteiger partial charge in [0.05, 0.1) is 5.69 Å². The molecule has 4 N–H and O–H groups in total. The fourth-order valence-corrected chi connectivity index (χ4v) is 2.12. The van der Waals surface area contributed by atoms with Crippen LogP contribution in [0.3, 0.4) is 0 Å². The smallest absolute Gasteiger partial charge is 0.255 e. The Morgan fingerprint density at radius 2 is 2.00 bits per heavy atom. The van der Waals surface area contributed by atoms with Gasteiger partial charge in [0, 0.05) is 15.7 Å². The number of benzene rings is 2. The number of aromatic hydroxyl groups is 1. The molecule has 0 aromatic heterocycles. The number of hydrogen-bond acceptors (Lipinski definition) is 3. The van der Waals surface area contributed by atoms with Gasteiger partial charge in [-0.3, -0.25) is 4.79 Å². The lowest BCUT2D eigenvalue weighted by Crippen LogP contribution is -2.12. The summed E-state index contributed by atoms with van der Waals surface area (Å²) in [6, 6.07) is 9.99. The number of nitrogens with two attached hydrogens (primary N) is 1. The van der Waals surface area contributed by atoms with Crippen LogP contribution in [0.1, 0.15) is 15.9 Å². The van der Waals surface area contributed by atoms with Gasteiger partial charge in [-0.2, -0.15) is 0 Å². The number of anilines is 2. The molecule has 4 nitrogen and oxygen atoms in total. The van der Waals surface area contributed by atoms with Crippen molar-refractivity contribution in [2.75, 3.05) is 11.1 Å². The van der Waals surface area contributed by atoms with E-state index in [-0.39, 0.29) is 17.3 Å². The summed E-state index contributed by atoms with van der Waals surface area (Å²) in [4.78, 5) is 12.0. The standard InChI is InChI=1S/C14H13BrN2O2/c1-8-6-10(15)3-5-12(8)17-14(19)9-2-4-11(16)13(18)7-9/h2-7,18H,16H2,1H3,(H,17,19). The molecular weight excluding hydrogens is 308 g/mol. The van der Waals surface area contributed by atoms with Crippen molar-refractivity contribution in [2.45, 2.75) is 6.92 Å². The molecule has 2 rings (SSSR count). The summed E-state index contributed by atoms with van der Waals surface area (Å²) in [5.74, 6) is -0.388. The number of carbonyl (C=O) groups excluding carboxylic acids is 1. The van der Waals surface area contributed by atoms with Gasteiger partial charge in [-0.05, 0) is 48.9 Å². The quantitative estimate of drug-likeness (QED) is 0.587. The van der Waals surface area contributed by atoms with Crippen LogP contribution in [0.5, 0.6) is 5.75 Å². The van der Waals surface area contributed by atoms with Crippen molar-refractivity contribution >= 4 is 33.2 Å². The van der Waals surface area contributed by atoms with Crippen LogP contribution in [0.2, 0.25) is 0 Å². The molecule has 0 bridgehead atoms. The minimum absolute atomic E-state index is 0.0971. The Morgan fingerprint density at radius 1 is 1.26 bits per heavy atom. The van der Waals surface area contributed by atoms with Crippen molar-refractivity contribution in [3.63, 3.8) is 0 Å². The zero-order chi connectivity index (χ0) is 14.0. The molecule has 2 aromatic carbocycles. The molecular formula is C14H13BrN2O2. The van der Waals surface area contributed by atoms with Crippen molar-refractivity contribution in [3.8, 4) is 5.75 Å². The normalized spacial score (nSPS) is 10.2. The van der Waals surface area contributed by atoms with Crippen molar-refractivity contribution in [2.24, 2.45) is 0 Å². The number of phenols is 1. The van der Waals surface area contributed by atoms with Gasteiger partial charge in [0.25, 0.3) is 5.91 Å². The fraction of sp³-hybridized carbons (Fsp3) is 0.0714. The summed E-state index contributed by atoms with van der Waals surface area (Å²) in [7, 11) is 0. The first-order chi connectivity index (χ1) is 8.97. The third-order valence-electron chi connectivity index (χ3n) is 2.73. The summed E-state index contributed by atoms with van der Waals surface area (Å²) in [6.45, 7) is 1.90. The molecule has 19 heavy (non-hydrogen) atoms. The molecule has 0 aliphatic rings. The first-order valence-electron chi connectivity index (χ1n) is 5.63. The fourth-order valence-electron chi connectivity index (χ4n) is 1.65. The van der Waals surface area contributed by atoms with Crippen molar-refractivity contribution in [3.05, 3.63) is 52.0 Å². The number of aryl methyl sites for hydroxylation is 1. The maximum absolute atomic E-state index is 12.0. The van der Waals surface area contributed by atoms with Crippen LogP contribution in [-0.2, 0) is 0 Å². The number of carbonyl (C=O) groups is 1. The molecule has 0 fully saturated rings. The van der Waals surface area contributed by atoms with E-state index in [2.05, 4.69) is 21.2 Å². The molecule has 0 atom stereocenters. The molecule has 5 heteroatoms. The van der Waals surface area contributed by atoms with Gasteiger partial charge in [0.1, 0.15) is 5.75 Å². The maximum atomic E-state index is 12.0. The predicted octanol–water partition coefficient (Wildman–Crippen LogP) is 3.30. The molecule has 1 amide bonds. The molecule has 0 radical (unpaired) electrons. The number of hydrogen-bond donors (Lipinski definition) is 3. The average molecular weight is 321 g/mol. The van der Waals surface area contributed by atoms with E-state index in [1.54, 1.807) is 6.07 Å². The van der Waals surface area contributed by atoms with Gasteiger partial charge in [0.15, 0.2) is 0 Å². The number of rotatable bonds is 2. The van der Waals surface area contributed by atoms with E-state index in [4.69, 9.17) is 5.73 Å². The maximum Gasteiger partial charge on any atom is 0.255 e. The first-order valence-corrected chi connectivity index (χ1v) is 6.42. The van der Waals surface area contributed by atoms with Crippen molar-refractivity contribution in [1.82, 2.24) is 0 Å². The van der Waals surface area contributed by atoms with E-state index < -0.39 is 0 Å². The van der Waals surface area contributed by atoms with Crippen LogP contribution in [0.25, 0.3) is 0 Å². The number of amides is 1. The second-order valence-electron chi connectivity index (χ2n) is 4.19. The van der Waals surface area contributed by atoms with Crippen LogP contribution in [0.15, 0.2) is 40.9 Å². The Bertz CT molecular complexity index is 641. The molecule has 0 spiro atoms. The highest BCUT2D eigenvalue weighted by molar-refractivity contribution is 9.10. The Kier molecular flexibility index (Phi) is 3.76. The van der Waals surface area contributed by atoms with E-state index in [1.165, 1.54) is 12.1 Å². The molecule has 0 unspecified atom stereocenters. The van der Waals surface area contributed by atoms with Gasteiger partial charge in [-0.25, -0.2) is 0 Å². The molecule has 98 valence electrons. The highest BCUT2D eigenvalue weighted by Crippen LogP contribution is 2.23. The van der Waals surface area contributed by atoms with Gasteiger partial charge in [-0.1, -0.05) is 15.9 Å². The van der Waals surface area contributed by atoms with Crippen LogP contribution < -0.4 is 11.1 Å². The van der Waals surface area contributed by atoms with Crippen molar-refractivity contribution in [1.29, 1.82) is 0 Å². The van der Waals surface area contributed by atoms with Gasteiger partial charge in [0.2, 0.25) is 0 Å². The third-order valence-corrected chi connectivity index (χ3v) is 3.22. The zero-order valence-electron chi connectivity index (χ0n) is 10.3. The lowest BCUT2D eigenvalue weighted by atomic mass is 10.1. The number of nitrogen functional groups attached to an aromatic ring is 1. The summed E-state index contributed by atoms with van der Waals surface area (Å²) in [5, 5.41) is 12.3. The third kappa shape index (κ3) is 3.06. The van der Waals surface area contributed by atoms with Gasteiger partial charge < -0.3 is 16.2 Å². The number of nitrogens with one attached hydrogen (secondary N) is 1. The molecule has 0 saturated heterocycles. The Morgan fingerprint density at radius 3 is 2.63 bits per heavy atom. The Labute approximate surface area is 119 Å². The molecule has 2 aromatic rings. The Hall–Kier alpha value is -2.01. The lowest BCUT2D eigenvalue weighted by Gasteiger charge is -2.09. The second kappa shape index (κ2) is 5.32. The SMILES string of the molecule is Cc1cc(Br)ccc1NC(=O)c1ccc(N)c(O)c1. The predicted molar refractivity (Wildman–Crippen MR) is 79.4 cm³/mol. The molecule has 0 saturated carbocycles. The monoisotopic (exact) mass is 320 g/mol. The lowest BCUT2D eigenvalue weighted by molar-refractivity contribution is 0.102. The summed E-state index contributed by atoms with van der Waals surface area (Å²) in [6.07, 6.45) is 0. The van der Waals surface area contributed by atoms with E-state index in [9.17, 15) is 9.90 Å². The van der Waals surface area contributed by atoms with E-state index in [0.29, 0.717) is 5.56 Å². The first kappa shape index (κ1) is 13.4. The zero-order valence-corrected chi connectivity index (χ0v) is 11.9. The van der Waals surface area contributed by atoms with Crippen LogP contribution >= 0.6 is 15.9 Å². The topological polar surface area (TPSA) is 75.4 Å². The Balaban J connectivity index is 2.23. The highest BCUT2D eigenvalue weighted by atomic mass is 79.9. The van der Waals surface area contributed by atoms with Crippen LogP contribution in [-0.4, -0.2) is 11.0 Å². The average Bonchev–Trinajstić information content (AvgIpc) is 2.36. The molecule has 0 aliphatic heterocycles. The van der Waals surface area contributed by atoms with Crippen molar-refractivity contribution < 1.29 is 9.90 Å². The number of phenolic OH excluding ortho intramolecular Hbond substituents is 1.